The first-order chi connectivity index (χ1) is 5.65. The van der Waals surface area contributed by atoms with E-state index in [1.165, 1.54) is 0 Å². The van der Waals surface area contributed by atoms with Crippen LogP contribution in [0.2, 0.25) is 0 Å². The summed E-state index contributed by atoms with van der Waals surface area (Å²) in [5.74, 6) is 0.832. The number of aromatic nitrogens is 3. The molecule has 0 unspecified atom stereocenters. The van der Waals surface area contributed by atoms with E-state index in [2.05, 4.69) is 24.0 Å². The number of thioether (sulfide) groups is 1. The summed E-state index contributed by atoms with van der Waals surface area (Å²) in [6.07, 6.45) is 0. The number of nitrogens with two attached hydrogens (primary N) is 1. The molecular weight excluding hydrogens is 172 g/mol. The molecule has 0 atom stereocenters. The molecule has 0 saturated carbocycles. The van der Waals surface area contributed by atoms with E-state index >= 15 is 0 Å². The van der Waals surface area contributed by atoms with Crippen molar-refractivity contribution in [3.05, 3.63) is 5.82 Å². The van der Waals surface area contributed by atoms with Crippen molar-refractivity contribution in [1.82, 2.24) is 14.8 Å². The lowest BCUT2D eigenvalue weighted by atomic mass is 10.6. The van der Waals surface area contributed by atoms with Gasteiger partial charge >= 0.3 is 0 Å². The summed E-state index contributed by atoms with van der Waals surface area (Å²) in [5, 5.41) is 9.44. The first-order valence-corrected chi connectivity index (χ1v) is 4.78. The molecule has 0 aliphatic carbocycles. The van der Waals surface area contributed by atoms with Gasteiger partial charge in [0, 0.05) is 12.3 Å². The molecule has 0 saturated heterocycles. The summed E-state index contributed by atoms with van der Waals surface area (Å²) in [7, 11) is 1.94. The SMILES string of the molecule is CC(C)Sc1nnc(CN)n1C. The normalized spacial score (nSPS) is 11.1. The molecule has 0 aliphatic rings. The average molecular weight is 186 g/mol. The molecule has 5 heteroatoms. The zero-order valence-electron chi connectivity index (χ0n) is 7.61. The topological polar surface area (TPSA) is 56.7 Å². The summed E-state index contributed by atoms with van der Waals surface area (Å²) in [5.41, 5.74) is 5.46. The van der Waals surface area contributed by atoms with Crippen molar-refractivity contribution in [3.63, 3.8) is 0 Å². The second-order valence-electron chi connectivity index (χ2n) is 2.83. The zero-order chi connectivity index (χ0) is 9.14. The highest BCUT2D eigenvalue weighted by molar-refractivity contribution is 7.99. The first kappa shape index (κ1) is 9.54. The van der Waals surface area contributed by atoms with E-state index in [4.69, 9.17) is 5.73 Å². The molecule has 0 fully saturated rings. The molecule has 1 aromatic rings. The molecule has 68 valence electrons. The van der Waals surface area contributed by atoms with Gasteiger partial charge in [0.05, 0.1) is 6.54 Å². The molecule has 1 heterocycles. The minimum absolute atomic E-state index is 0.447. The summed E-state index contributed by atoms with van der Waals surface area (Å²) in [4.78, 5) is 0. The molecule has 12 heavy (non-hydrogen) atoms. The highest BCUT2D eigenvalue weighted by Gasteiger charge is 2.08. The van der Waals surface area contributed by atoms with Crippen molar-refractivity contribution < 1.29 is 0 Å². The number of nitrogens with zero attached hydrogens (tertiary/aromatic N) is 3. The van der Waals surface area contributed by atoms with Gasteiger partial charge in [-0.1, -0.05) is 25.6 Å². The van der Waals surface area contributed by atoms with Crippen molar-refractivity contribution >= 4 is 11.8 Å². The van der Waals surface area contributed by atoms with Crippen LogP contribution >= 0.6 is 11.8 Å². The van der Waals surface area contributed by atoms with E-state index in [-0.39, 0.29) is 0 Å². The van der Waals surface area contributed by atoms with Gasteiger partial charge in [-0.2, -0.15) is 0 Å². The molecule has 0 radical (unpaired) electrons. The average Bonchev–Trinajstić information content (AvgIpc) is 2.32. The van der Waals surface area contributed by atoms with Crippen LogP contribution < -0.4 is 5.73 Å². The lowest BCUT2D eigenvalue weighted by Gasteiger charge is -2.03. The fourth-order valence-corrected chi connectivity index (χ4v) is 1.61. The summed E-state index contributed by atoms with van der Waals surface area (Å²) < 4.78 is 1.94. The van der Waals surface area contributed by atoms with E-state index in [0.29, 0.717) is 11.8 Å². The zero-order valence-corrected chi connectivity index (χ0v) is 8.43. The van der Waals surface area contributed by atoms with Crippen LogP contribution in [0.25, 0.3) is 0 Å². The molecule has 1 rings (SSSR count). The number of hydrogen-bond donors (Lipinski definition) is 1. The third-order valence-corrected chi connectivity index (χ3v) is 2.49. The molecule has 1 aromatic heterocycles. The van der Waals surface area contributed by atoms with Gasteiger partial charge in [0.1, 0.15) is 5.82 Å². The Kier molecular flexibility index (Phi) is 3.11. The predicted octanol–water partition coefficient (Wildman–Crippen LogP) is 0.774. The Bertz CT molecular complexity index is 256. The lowest BCUT2D eigenvalue weighted by Crippen LogP contribution is -2.05. The third kappa shape index (κ3) is 1.98. The van der Waals surface area contributed by atoms with Crippen LogP contribution in [-0.2, 0) is 13.6 Å². The monoisotopic (exact) mass is 186 g/mol. The van der Waals surface area contributed by atoms with Crippen LogP contribution in [0.3, 0.4) is 0 Å². The maximum absolute atomic E-state index is 5.46. The second kappa shape index (κ2) is 3.91. The van der Waals surface area contributed by atoms with Crippen LogP contribution in [0.1, 0.15) is 19.7 Å². The van der Waals surface area contributed by atoms with Crippen molar-refractivity contribution in [2.45, 2.75) is 30.8 Å². The van der Waals surface area contributed by atoms with Crippen LogP contribution in [0, 0.1) is 0 Å². The van der Waals surface area contributed by atoms with Crippen molar-refractivity contribution in [3.8, 4) is 0 Å². The second-order valence-corrected chi connectivity index (χ2v) is 4.37. The van der Waals surface area contributed by atoms with Gasteiger partial charge in [0.15, 0.2) is 5.16 Å². The number of hydrogen-bond acceptors (Lipinski definition) is 4. The molecule has 4 nitrogen and oxygen atoms in total. The van der Waals surface area contributed by atoms with Crippen LogP contribution in [-0.4, -0.2) is 20.0 Å². The molecule has 2 N–H and O–H groups in total. The van der Waals surface area contributed by atoms with E-state index in [9.17, 15) is 0 Å². The Labute approximate surface area is 76.5 Å². The Morgan fingerprint density at radius 2 is 2.17 bits per heavy atom. The van der Waals surface area contributed by atoms with Crippen LogP contribution in [0.15, 0.2) is 5.16 Å². The Morgan fingerprint density at radius 3 is 2.58 bits per heavy atom. The van der Waals surface area contributed by atoms with Gasteiger partial charge < -0.3 is 10.3 Å². The first-order valence-electron chi connectivity index (χ1n) is 3.90. The van der Waals surface area contributed by atoms with Gasteiger partial charge in [-0.05, 0) is 0 Å². The maximum atomic E-state index is 5.46. The van der Waals surface area contributed by atoms with Gasteiger partial charge in [-0.25, -0.2) is 0 Å². The van der Waals surface area contributed by atoms with Gasteiger partial charge in [-0.15, -0.1) is 10.2 Å². The summed E-state index contributed by atoms with van der Waals surface area (Å²) in [6, 6.07) is 0. The Balaban J connectivity index is 2.80. The van der Waals surface area contributed by atoms with Crippen molar-refractivity contribution in [2.75, 3.05) is 0 Å². The van der Waals surface area contributed by atoms with E-state index in [0.717, 1.165) is 11.0 Å². The quantitative estimate of drug-likeness (QED) is 0.709. The predicted molar refractivity (Wildman–Crippen MR) is 49.9 cm³/mol. The molecule has 0 bridgehead atoms. The highest BCUT2D eigenvalue weighted by Crippen LogP contribution is 2.20. The Hall–Kier alpha value is -0.550. The Morgan fingerprint density at radius 1 is 1.50 bits per heavy atom. The number of rotatable bonds is 3. The third-order valence-electron chi connectivity index (χ3n) is 1.45. The van der Waals surface area contributed by atoms with Gasteiger partial charge in [0.25, 0.3) is 0 Å². The van der Waals surface area contributed by atoms with E-state index < -0.39 is 0 Å². The lowest BCUT2D eigenvalue weighted by molar-refractivity contribution is 0.733. The summed E-state index contributed by atoms with van der Waals surface area (Å²) in [6.45, 7) is 4.70. The molecular formula is C7H14N4S. The largest absolute Gasteiger partial charge is 0.324 e. The highest BCUT2D eigenvalue weighted by atomic mass is 32.2. The summed E-state index contributed by atoms with van der Waals surface area (Å²) >= 11 is 1.70. The van der Waals surface area contributed by atoms with Crippen LogP contribution in [0.4, 0.5) is 0 Å². The fourth-order valence-electron chi connectivity index (χ4n) is 0.836. The van der Waals surface area contributed by atoms with Crippen molar-refractivity contribution in [2.24, 2.45) is 12.8 Å². The van der Waals surface area contributed by atoms with E-state index in [1.54, 1.807) is 11.8 Å². The van der Waals surface area contributed by atoms with E-state index in [1.807, 2.05) is 11.6 Å². The maximum Gasteiger partial charge on any atom is 0.191 e. The van der Waals surface area contributed by atoms with Gasteiger partial charge in [0.2, 0.25) is 0 Å². The van der Waals surface area contributed by atoms with Crippen LogP contribution in [0.5, 0.6) is 0 Å². The fraction of sp³-hybridized carbons (Fsp3) is 0.714. The van der Waals surface area contributed by atoms with Crippen molar-refractivity contribution in [1.29, 1.82) is 0 Å². The minimum atomic E-state index is 0.447. The smallest absolute Gasteiger partial charge is 0.191 e. The molecule has 0 spiro atoms. The standard InChI is InChI=1S/C7H14N4S/c1-5(2)12-7-10-9-6(4-8)11(7)3/h5H,4,8H2,1-3H3. The molecule has 0 aromatic carbocycles. The minimum Gasteiger partial charge on any atom is -0.324 e. The molecule has 0 aliphatic heterocycles. The van der Waals surface area contributed by atoms with Gasteiger partial charge in [-0.3, -0.25) is 0 Å². The molecule has 0 amide bonds.